The summed E-state index contributed by atoms with van der Waals surface area (Å²) < 4.78 is 58.8. The second kappa shape index (κ2) is 7.19. The van der Waals surface area contributed by atoms with E-state index >= 15 is 0 Å². The van der Waals surface area contributed by atoms with E-state index < -0.39 is 38.9 Å². The number of ketones is 1. The van der Waals surface area contributed by atoms with Crippen molar-refractivity contribution in [2.45, 2.75) is 4.90 Å². The number of Topliss-reactive ketones (excluding diaryl/α,β-unsaturated/α-hetero) is 1. The lowest BCUT2D eigenvalue weighted by Gasteiger charge is -2.08. The minimum atomic E-state index is -4.22. The van der Waals surface area contributed by atoms with Gasteiger partial charge in [0.15, 0.2) is 5.78 Å². The maximum atomic E-state index is 13.8. The van der Waals surface area contributed by atoms with Crippen LogP contribution < -0.4 is 4.72 Å². The molecule has 0 aliphatic rings. The highest BCUT2D eigenvalue weighted by atomic mass is 32.2. The van der Waals surface area contributed by atoms with Crippen LogP contribution in [0.15, 0.2) is 70.2 Å². The van der Waals surface area contributed by atoms with Crippen molar-refractivity contribution in [1.82, 2.24) is 4.72 Å². The van der Waals surface area contributed by atoms with Gasteiger partial charge in [0.25, 0.3) is 0 Å². The first-order valence-electron chi connectivity index (χ1n) is 7.49. The zero-order valence-corrected chi connectivity index (χ0v) is 14.1. The SMILES string of the molecule is O=C(CNS(=O)(=O)c1ccccc1F)c1cc(F)cc(-c2ccco2)c1. The van der Waals surface area contributed by atoms with Crippen molar-refractivity contribution in [2.24, 2.45) is 0 Å². The highest BCUT2D eigenvalue weighted by molar-refractivity contribution is 7.89. The summed E-state index contributed by atoms with van der Waals surface area (Å²) in [6.45, 7) is -0.641. The van der Waals surface area contributed by atoms with E-state index in [1.165, 1.54) is 30.5 Å². The van der Waals surface area contributed by atoms with E-state index in [1.807, 2.05) is 4.72 Å². The van der Waals surface area contributed by atoms with Gasteiger partial charge in [0.05, 0.1) is 12.8 Å². The van der Waals surface area contributed by atoms with Gasteiger partial charge in [-0.1, -0.05) is 12.1 Å². The van der Waals surface area contributed by atoms with Gasteiger partial charge in [-0.2, -0.15) is 0 Å². The zero-order chi connectivity index (χ0) is 18.7. The molecule has 3 aromatic rings. The van der Waals surface area contributed by atoms with Crippen LogP contribution in [-0.2, 0) is 10.0 Å². The monoisotopic (exact) mass is 377 g/mol. The fourth-order valence-electron chi connectivity index (χ4n) is 2.34. The van der Waals surface area contributed by atoms with E-state index in [0.29, 0.717) is 11.3 Å². The van der Waals surface area contributed by atoms with E-state index in [1.54, 1.807) is 12.1 Å². The highest BCUT2D eigenvalue weighted by Gasteiger charge is 2.20. The van der Waals surface area contributed by atoms with Crippen molar-refractivity contribution in [3.63, 3.8) is 0 Å². The average molecular weight is 377 g/mol. The molecule has 0 bridgehead atoms. The van der Waals surface area contributed by atoms with Crippen LogP contribution in [-0.4, -0.2) is 20.7 Å². The number of carbonyl (C=O) groups is 1. The molecule has 0 atom stereocenters. The number of hydrogen-bond donors (Lipinski definition) is 1. The van der Waals surface area contributed by atoms with Crippen LogP contribution in [0.3, 0.4) is 0 Å². The average Bonchev–Trinajstić information content (AvgIpc) is 3.14. The lowest BCUT2D eigenvalue weighted by Crippen LogP contribution is -2.30. The fraction of sp³-hybridized carbons (Fsp3) is 0.0556. The smallest absolute Gasteiger partial charge is 0.243 e. The number of nitrogens with one attached hydrogen (secondary N) is 1. The van der Waals surface area contributed by atoms with E-state index in [0.717, 1.165) is 18.2 Å². The predicted molar refractivity (Wildman–Crippen MR) is 90.0 cm³/mol. The standard InChI is InChI=1S/C18H13F2NO4S/c19-14-9-12(8-13(10-14)17-5-3-7-25-17)16(22)11-21-26(23,24)18-6-2-1-4-15(18)20/h1-10,21H,11H2. The Morgan fingerprint density at radius 1 is 1.04 bits per heavy atom. The van der Waals surface area contributed by atoms with Gasteiger partial charge in [-0.15, -0.1) is 0 Å². The van der Waals surface area contributed by atoms with Crippen LogP contribution in [0.1, 0.15) is 10.4 Å². The van der Waals surface area contributed by atoms with Gasteiger partial charge in [0.1, 0.15) is 22.3 Å². The highest BCUT2D eigenvalue weighted by Crippen LogP contribution is 2.23. The van der Waals surface area contributed by atoms with Crippen LogP contribution >= 0.6 is 0 Å². The minimum Gasteiger partial charge on any atom is -0.464 e. The molecule has 0 fully saturated rings. The van der Waals surface area contributed by atoms with E-state index in [9.17, 15) is 22.0 Å². The van der Waals surface area contributed by atoms with E-state index in [4.69, 9.17) is 4.42 Å². The number of hydrogen-bond acceptors (Lipinski definition) is 4. The Hall–Kier alpha value is -2.84. The summed E-state index contributed by atoms with van der Waals surface area (Å²) in [5.41, 5.74) is 0.308. The Morgan fingerprint density at radius 2 is 1.81 bits per heavy atom. The zero-order valence-electron chi connectivity index (χ0n) is 13.3. The number of furan rings is 1. The Balaban J connectivity index is 1.80. The molecule has 1 N–H and O–H groups in total. The van der Waals surface area contributed by atoms with Gasteiger partial charge in [-0.3, -0.25) is 4.79 Å². The van der Waals surface area contributed by atoms with Crippen molar-refractivity contribution < 1.29 is 26.4 Å². The molecule has 0 aliphatic heterocycles. The molecule has 0 saturated carbocycles. The first-order valence-corrected chi connectivity index (χ1v) is 8.97. The Bertz CT molecular complexity index is 1050. The molecular formula is C18H13F2NO4S. The molecule has 3 rings (SSSR count). The first kappa shape index (κ1) is 18.0. The van der Waals surface area contributed by atoms with Crippen molar-refractivity contribution in [3.05, 3.63) is 78.1 Å². The molecule has 1 aromatic heterocycles. The van der Waals surface area contributed by atoms with Crippen LogP contribution in [0.5, 0.6) is 0 Å². The quantitative estimate of drug-likeness (QED) is 0.668. The third-order valence-corrected chi connectivity index (χ3v) is 5.01. The lowest BCUT2D eigenvalue weighted by atomic mass is 10.1. The second-order valence-electron chi connectivity index (χ2n) is 5.38. The molecule has 0 amide bonds. The molecular weight excluding hydrogens is 364 g/mol. The van der Waals surface area contributed by atoms with Crippen LogP contribution in [0.4, 0.5) is 8.78 Å². The third kappa shape index (κ3) is 3.87. The van der Waals surface area contributed by atoms with Gasteiger partial charge >= 0.3 is 0 Å². The number of rotatable bonds is 6. The molecule has 8 heteroatoms. The maximum absolute atomic E-state index is 13.8. The van der Waals surface area contributed by atoms with Crippen molar-refractivity contribution in [3.8, 4) is 11.3 Å². The van der Waals surface area contributed by atoms with Gasteiger partial charge in [0, 0.05) is 11.1 Å². The normalized spacial score (nSPS) is 11.5. The topological polar surface area (TPSA) is 76.4 Å². The maximum Gasteiger partial charge on any atom is 0.243 e. The summed E-state index contributed by atoms with van der Waals surface area (Å²) in [5, 5.41) is 0. The molecule has 1 heterocycles. The summed E-state index contributed by atoms with van der Waals surface area (Å²) >= 11 is 0. The summed E-state index contributed by atoms with van der Waals surface area (Å²) in [5.74, 6) is -1.90. The van der Waals surface area contributed by atoms with Crippen molar-refractivity contribution >= 4 is 15.8 Å². The summed E-state index contributed by atoms with van der Waals surface area (Å²) in [6, 6.07) is 11.6. The number of carbonyl (C=O) groups excluding carboxylic acids is 1. The summed E-state index contributed by atoms with van der Waals surface area (Å²) in [4.78, 5) is 11.7. The largest absolute Gasteiger partial charge is 0.464 e. The van der Waals surface area contributed by atoms with Gasteiger partial charge < -0.3 is 4.42 Å². The lowest BCUT2D eigenvalue weighted by molar-refractivity contribution is 0.0996. The van der Waals surface area contributed by atoms with Crippen molar-refractivity contribution in [2.75, 3.05) is 6.54 Å². The van der Waals surface area contributed by atoms with Crippen molar-refractivity contribution in [1.29, 1.82) is 0 Å². The molecule has 0 radical (unpaired) electrons. The molecule has 2 aromatic carbocycles. The Labute approximate surface area is 148 Å². The number of sulfonamides is 1. The molecule has 0 spiro atoms. The van der Waals surface area contributed by atoms with E-state index in [-0.39, 0.29) is 5.56 Å². The molecule has 5 nitrogen and oxygen atoms in total. The summed E-state index contributed by atoms with van der Waals surface area (Å²) in [6.07, 6.45) is 1.41. The Morgan fingerprint density at radius 3 is 2.50 bits per heavy atom. The number of benzene rings is 2. The first-order chi connectivity index (χ1) is 12.4. The third-order valence-electron chi connectivity index (χ3n) is 3.57. The van der Waals surface area contributed by atoms with Gasteiger partial charge in [0.2, 0.25) is 10.0 Å². The van der Waals surface area contributed by atoms with Crippen LogP contribution in [0.25, 0.3) is 11.3 Å². The molecule has 134 valence electrons. The Kier molecular flexibility index (Phi) is 4.97. The van der Waals surface area contributed by atoms with E-state index in [2.05, 4.69) is 0 Å². The predicted octanol–water partition coefficient (Wildman–Crippen LogP) is 3.39. The summed E-state index contributed by atoms with van der Waals surface area (Å²) in [7, 11) is -4.22. The number of halogens is 2. The molecule has 0 unspecified atom stereocenters. The fourth-order valence-corrected chi connectivity index (χ4v) is 3.40. The molecule has 0 saturated heterocycles. The van der Waals surface area contributed by atoms with Gasteiger partial charge in [-0.25, -0.2) is 21.9 Å². The molecule has 0 aliphatic carbocycles. The van der Waals surface area contributed by atoms with Gasteiger partial charge in [-0.05, 0) is 42.5 Å². The molecule has 26 heavy (non-hydrogen) atoms. The minimum absolute atomic E-state index is 0.0346. The second-order valence-corrected chi connectivity index (χ2v) is 7.12. The van der Waals surface area contributed by atoms with Crippen LogP contribution in [0, 0.1) is 11.6 Å². The van der Waals surface area contributed by atoms with Crippen LogP contribution in [0.2, 0.25) is 0 Å².